The number of carbonyl (C=O) groups is 2. The third-order valence-electron chi connectivity index (χ3n) is 4.85. The van der Waals surface area contributed by atoms with Gasteiger partial charge in [-0.25, -0.2) is 0 Å². The molecule has 0 aliphatic carbocycles. The molecule has 2 amide bonds. The SMILES string of the molecule is CCCNC(=O)[C@H](C)N(Cc1cccc(Br)c1)C(=O)COc1ccccc1C(C)C. The average Bonchev–Trinajstić information content (AvgIpc) is 2.73. The quantitative estimate of drug-likeness (QED) is 0.532. The molecule has 0 saturated heterocycles. The van der Waals surface area contributed by atoms with E-state index < -0.39 is 6.04 Å². The number of benzene rings is 2. The van der Waals surface area contributed by atoms with Crippen molar-refractivity contribution in [2.45, 2.75) is 52.6 Å². The molecule has 0 unspecified atom stereocenters. The Hall–Kier alpha value is -2.34. The van der Waals surface area contributed by atoms with E-state index in [-0.39, 0.29) is 24.3 Å². The third kappa shape index (κ3) is 6.87. The lowest BCUT2D eigenvalue weighted by Gasteiger charge is -2.29. The molecular formula is C24H31BrN2O3. The van der Waals surface area contributed by atoms with Crippen molar-refractivity contribution in [3.05, 3.63) is 64.1 Å². The smallest absolute Gasteiger partial charge is 0.261 e. The summed E-state index contributed by atoms with van der Waals surface area (Å²) in [6.07, 6.45) is 0.840. The van der Waals surface area contributed by atoms with Gasteiger partial charge in [-0.1, -0.05) is 67.0 Å². The number of nitrogens with zero attached hydrogens (tertiary/aromatic N) is 1. The lowest BCUT2D eigenvalue weighted by atomic mass is 10.0. The molecule has 0 fully saturated rings. The van der Waals surface area contributed by atoms with Gasteiger partial charge >= 0.3 is 0 Å². The number of carbonyl (C=O) groups excluding carboxylic acids is 2. The molecule has 0 radical (unpaired) electrons. The zero-order valence-corrected chi connectivity index (χ0v) is 19.7. The van der Waals surface area contributed by atoms with Crippen LogP contribution in [0, 0.1) is 0 Å². The fourth-order valence-electron chi connectivity index (χ4n) is 3.12. The zero-order valence-electron chi connectivity index (χ0n) is 18.2. The maximum absolute atomic E-state index is 13.1. The molecule has 1 N–H and O–H groups in total. The first-order valence-corrected chi connectivity index (χ1v) is 11.2. The van der Waals surface area contributed by atoms with E-state index >= 15 is 0 Å². The van der Waals surface area contributed by atoms with Crippen molar-refractivity contribution in [3.63, 3.8) is 0 Å². The van der Waals surface area contributed by atoms with Crippen molar-refractivity contribution in [2.24, 2.45) is 0 Å². The molecule has 2 aromatic rings. The summed E-state index contributed by atoms with van der Waals surface area (Å²) in [7, 11) is 0. The molecule has 5 nitrogen and oxygen atoms in total. The van der Waals surface area contributed by atoms with Crippen LogP contribution in [-0.4, -0.2) is 35.9 Å². The van der Waals surface area contributed by atoms with Crippen molar-refractivity contribution in [1.82, 2.24) is 10.2 Å². The van der Waals surface area contributed by atoms with Crippen molar-refractivity contribution in [2.75, 3.05) is 13.2 Å². The van der Waals surface area contributed by atoms with Crippen LogP contribution in [0.5, 0.6) is 5.75 Å². The van der Waals surface area contributed by atoms with Gasteiger partial charge in [0.1, 0.15) is 11.8 Å². The lowest BCUT2D eigenvalue weighted by Crippen LogP contribution is -2.49. The van der Waals surface area contributed by atoms with Crippen LogP contribution in [0.3, 0.4) is 0 Å². The van der Waals surface area contributed by atoms with Gasteiger partial charge in [0.25, 0.3) is 5.91 Å². The first-order valence-electron chi connectivity index (χ1n) is 10.4. The van der Waals surface area contributed by atoms with E-state index in [4.69, 9.17) is 4.74 Å². The second kappa shape index (κ2) is 11.7. The summed E-state index contributed by atoms with van der Waals surface area (Å²) < 4.78 is 6.81. The third-order valence-corrected chi connectivity index (χ3v) is 5.34. The van der Waals surface area contributed by atoms with Gasteiger partial charge in [-0.3, -0.25) is 9.59 Å². The highest BCUT2D eigenvalue weighted by molar-refractivity contribution is 9.10. The summed E-state index contributed by atoms with van der Waals surface area (Å²) in [5, 5.41) is 2.88. The minimum absolute atomic E-state index is 0.122. The molecule has 162 valence electrons. The standard InChI is InChI=1S/C24H31BrN2O3/c1-5-13-26-24(29)18(4)27(15-19-9-8-10-20(25)14-19)23(28)16-30-22-12-7-6-11-21(22)17(2)3/h6-12,14,17-18H,5,13,15-16H2,1-4H3,(H,26,29)/t18-/m0/s1. The van der Waals surface area contributed by atoms with Crippen molar-refractivity contribution >= 4 is 27.7 Å². The van der Waals surface area contributed by atoms with Crippen LogP contribution in [0.15, 0.2) is 53.0 Å². The summed E-state index contributed by atoms with van der Waals surface area (Å²) >= 11 is 3.46. The number of halogens is 1. The Kier molecular flexibility index (Phi) is 9.37. The van der Waals surface area contributed by atoms with Crippen molar-refractivity contribution in [1.29, 1.82) is 0 Å². The Bertz CT molecular complexity index is 854. The molecule has 2 aromatic carbocycles. The summed E-state index contributed by atoms with van der Waals surface area (Å²) in [5.74, 6) is 0.592. The molecule has 0 bridgehead atoms. The van der Waals surface area contributed by atoms with Gasteiger partial charge in [0.05, 0.1) is 0 Å². The first kappa shape index (κ1) is 23.9. The van der Waals surface area contributed by atoms with Crippen LogP contribution >= 0.6 is 15.9 Å². The maximum Gasteiger partial charge on any atom is 0.261 e. The number of ether oxygens (including phenoxy) is 1. The Morgan fingerprint density at radius 1 is 1.10 bits per heavy atom. The van der Waals surface area contributed by atoms with Gasteiger partial charge in [-0.05, 0) is 48.6 Å². The van der Waals surface area contributed by atoms with Gasteiger partial charge in [0.15, 0.2) is 6.61 Å². The number of para-hydroxylation sites is 1. The first-order chi connectivity index (χ1) is 14.3. The number of hydrogen-bond acceptors (Lipinski definition) is 3. The Labute approximate surface area is 187 Å². The monoisotopic (exact) mass is 474 g/mol. The molecule has 0 aliphatic rings. The Balaban J connectivity index is 2.18. The number of rotatable bonds is 10. The van der Waals surface area contributed by atoms with E-state index in [2.05, 4.69) is 35.1 Å². The second-order valence-electron chi connectivity index (χ2n) is 7.60. The summed E-state index contributed by atoms with van der Waals surface area (Å²) in [6.45, 7) is 8.71. The predicted octanol–water partition coefficient (Wildman–Crippen LogP) is 4.89. The average molecular weight is 475 g/mol. The Morgan fingerprint density at radius 3 is 2.50 bits per heavy atom. The number of nitrogens with one attached hydrogen (secondary N) is 1. The predicted molar refractivity (Wildman–Crippen MR) is 123 cm³/mol. The van der Waals surface area contributed by atoms with E-state index in [0.29, 0.717) is 18.8 Å². The van der Waals surface area contributed by atoms with E-state index in [1.165, 1.54) is 0 Å². The van der Waals surface area contributed by atoms with E-state index in [0.717, 1.165) is 22.0 Å². The molecule has 2 rings (SSSR count). The van der Waals surface area contributed by atoms with Crippen LogP contribution in [0.1, 0.15) is 51.2 Å². The van der Waals surface area contributed by atoms with Crippen LogP contribution in [0.25, 0.3) is 0 Å². The van der Waals surface area contributed by atoms with E-state index in [1.54, 1.807) is 11.8 Å². The molecule has 0 saturated carbocycles. The van der Waals surface area contributed by atoms with Crippen molar-refractivity contribution in [3.8, 4) is 5.75 Å². The number of hydrogen-bond donors (Lipinski definition) is 1. The molecule has 0 heterocycles. The van der Waals surface area contributed by atoms with Gasteiger partial charge in [-0.15, -0.1) is 0 Å². The van der Waals surface area contributed by atoms with Crippen LogP contribution in [0.2, 0.25) is 0 Å². The minimum atomic E-state index is -0.605. The molecule has 0 aromatic heterocycles. The van der Waals surface area contributed by atoms with Crippen LogP contribution in [-0.2, 0) is 16.1 Å². The highest BCUT2D eigenvalue weighted by atomic mass is 79.9. The normalized spacial score (nSPS) is 11.8. The zero-order chi connectivity index (χ0) is 22.1. The topological polar surface area (TPSA) is 58.6 Å². The van der Waals surface area contributed by atoms with Crippen LogP contribution < -0.4 is 10.1 Å². The van der Waals surface area contributed by atoms with E-state index in [1.807, 2.05) is 55.5 Å². The molecule has 6 heteroatoms. The molecule has 0 aliphatic heterocycles. The summed E-state index contributed by atoms with van der Waals surface area (Å²) in [5.41, 5.74) is 1.99. The molecule has 1 atom stereocenters. The maximum atomic E-state index is 13.1. The highest BCUT2D eigenvalue weighted by Gasteiger charge is 2.26. The largest absolute Gasteiger partial charge is 0.483 e. The Morgan fingerprint density at radius 2 is 1.83 bits per heavy atom. The van der Waals surface area contributed by atoms with Gasteiger partial charge in [-0.2, -0.15) is 0 Å². The van der Waals surface area contributed by atoms with Crippen LogP contribution in [0.4, 0.5) is 0 Å². The molecular weight excluding hydrogens is 444 g/mol. The second-order valence-corrected chi connectivity index (χ2v) is 8.52. The van der Waals surface area contributed by atoms with Gasteiger partial charge < -0.3 is 15.0 Å². The minimum Gasteiger partial charge on any atom is -0.483 e. The number of amides is 2. The molecule has 0 spiro atoms. The lowest BCUT2D eigenvalue weighted by molar-refractivity contribution is -0.142. The fraction of sp³-hybridized carbons (Fsp3) is 0.417. The fourth-order valence-corrected chi connectivity index (χ4v) is 3.57. The van der Waals surface area contributed by atoms with Gasteiger partial charge in [0, 0.05) is 17.6 Å². The molecule has 30 heavy (non-hydrogen) atoms. The highest BCUT2D eigenvalue weighted by Crippen LogP contribution is 2.26. The van der Waals surface area contributed by atoms with Crippen molar-refractivity contribution < 1.29 is 14.3 Å². The van der Waals surface area contributed by atoms with E-state index in [9.17, 15) is 9.59 Å². The summed E-state index contributed by atoms with van der Waals surface area (Å²) in [6, 6.07) is 14.9. The van der Waals surface area contributed by atoms with Gasteiger partial charge in [0.2, 0.25) is 5.91 Å². The summed E-state index contributed by atoms with van der Waals surface area (Å²) in [4.78, 5) is 27.3.